The molecule has 5 nitrogen and oxygen atoms in total. The molecule has 0 saturated heterocycles. The average Bonchev–Trinajstić information content (AvgIpc) is 2.73. The summed E-state index contributed by atoms with van der Waals surface area (Å²) in [6, 6.07) is 0.312. The second-order valence-corrected chi connectivity index (χ2v) is 3.77. The third-order valence-corrected chi connectivity index (χ3v) is 2.42. The van der Waals surface area contributed by atoms with Crippen LogP contribution in [0.15, 0.2) is 12.5 Å². The lowest BCUT2D eigenvalue weighted by Gasteiger charge is -2.15. The number of nitrogens with zero attached hydrogens (tertiary/aromatic N) is 2. The molecule has 1 aromatic heterocycles. The maximum absolute atomic E-state index is 5.14. The zero-order chi connectivity index (χ0) is 11.8. The van der Waals surface area contributed by atoms with Gasteiger partial charge in [0.15, 0.2) is 0 Å². The van der Waals surface area contributed by atoms with Crippen molar-refractivity contribution in [1.82, 2.24) is 14.9 Å². The summed E-state index contributed by atoms with van der Waals surface area (Å²) < 4.78 is 12.2. The number of aromatic nitrogens is 2. The van der Waals surface area contributed by atoms with E-state index in [1.54, 1.807) is 14.2 Å². The molecule has 0 aliphatic carbocycles. The van der Waals surface area contributed by atoms with Crippen LogP contribution in [0.4, 0.5) is 0 Å². The summed E-state index contributed by atoms with van der Waals surface area (Å²) in [6.07, 6.45) is 3.73. The summed E-state index contributed by atoms with van der Waals surface area (Å²) in [5, 5.41) is 3.30. The van der Waals surface area contributed by atoms with E-state index in [0.29, 0.717) is 12.6 Å². The first kappa shape index (κ1) is 13.2. The first-order valence-electron chi connectivity index (χ1n) is 5.49. The molecule has 92 valence electrons. The molecule has 1 unspecified atom stereocenters. The van der Waals surface area contributed by atoms with Gasteiger partial charge in [-0.1, -0.05) is 0 Å². The Morgan fingerprint density at radius 2 is 2.25 bits per heavy atom. The number of imidazole rings is 1. The second kappa shape index (κ2) is 7.38. The molecule has 0 spiro atoms. The van der Waals surface area contributed by atoms with Crippen LogP contribution in [0.2, 0.25) is 0 Å². The first-order valence-corrected chi connectivity index (χ1v) is 5.49. The summed E-state index contributed by atoms with van der Waals surface area (Å²) >= 11 is 0. The highest BCUT2D eigenvalue weighted by Gasteiger charge is 2.08. The van der Waals surface area contributed by atoms with Gasteiger partial charge < -0.3 is 19.4 Å². The number of hydrogen-bond donors (Lipinski definition) is 1. The van der Waals surface area contributed by atoms with E-state index in [9.17, 15) is 0 Å². The van der Waals surface area contributed by atoms with Crippen LogP contribution in [-0.4, -0.2) is 43.5 Å². The highest BCUT2D eigenvalue weighted by Crippen LogP contribution is 2.09. The van der Waals surface area contributed by atoms with Crippen LogP contribution >= 0.6 is 0 Å². The van der Waals surface area contributed by atoms with Crippen molar-refractivity contribution < 1.29 is 9.47 Å². The van der Waals surface area contributed by atoms with E-state index in [0.717, 1.165) is 19.7 Å². The fraction of sp³-hybridized carbons (Fsp3) is 0.727. The lowest BCUT2D eigenvalue weighted by molar-refractivity contribution is 0.160. The summed E-state index contributed by atoms with van der Waals surface area (Å²) in [5.41, 5.74) is 1.17. The average molecular weight is 227 g/mol. The van der Waals surface area contributed by atoms with E-state index < -0.39 is 0 Å². The molecule has 0 aromatic carbocycles. The molecule has 1 heterocycles. The highest BCUT2D eigenvalue weighted by molar-refractivity contribution is 4.99. The quantitative estimate of drug-likeness (QED) is 0.668. The Balaban J connectivity index is 2.43. The molecule has 0 fully saturated rings. The smallest absolute Gasteiger partial charge is 0.0951 e. The van der Waals surface area contributed by atoms with Gasteiger partial charge in [0.2, 0.25) is 0 Å². The summed E-state index contributed by atoms with van der Waals surface area (Å²) in [4.78, 5) is 4.16. The van der Waals surface area contributed by atoms with Crippen LogP contribution < -0.4 is 5.32 Å². The van der Waals surface area contributed by atoms with Crippen molar-refractivity contribution >= 4 is 0 Å². The van der Waals surface area contributed by atoms with Gasteiger partial charge in [-0.2, -0.15) is 0 Å². The van der Waals surface area contributed by atoms with Gasteiger partial charge in [-0.05, 0) is 6.92 Å². The Labute approximate surface area is 96.8 Å². The van der Waals surface area contributed by atoms with E-state index in [4.69, 9.17) is 9.47 Å². The molecule has 5 heteroatoms. The minimum absolute atomic E-state index is 0.312. The van der Waals surface area contributed by atoms with Crippen LogP contribution in [0.1, 0.15) is 18.7 Å². The van der Waals surface area contributed by atoms with Gasteiger partial charge in [0, 0.05) is 33.5 Å². The van der Waals surface area contributed by atoms with Crippen molar-refractivity contribution in [2.75, 3.05) is 34.0 Å². The Morgan fingerprint density at radius 3 is 2.94 bits per heavy atom. The molecule has 0 amide bonds. The van der Waals surface area contributed by atoms with Crippen LogP contribution in [0, 0.1) is 0 Å². The van der Waals surface area contributed by atoms with Gasteiger partial charge in [-0.3, -0.25) is 0 Å². The van der Waals surface area contributed by atoms with Crippen molar-refractivity contribution in [3.8, 4) is 0 Å². The second-order valence-electron chi connectivity index (χ2n) is 3.77. The van der Waals surface area contributed by atoms with Crippen molar-refractivity contribution in [2.45, 2.75) is 19.5 Å². The Morgan fingerprint density at radius 1 is 1.44 bits per heavy atom. The molecule has 0 saturated carbocycles. The van der Waals surface area contributed by atoms with Crippen LogP contribution in [0.25, 0.3) is 0 Å². The Kier molecular flexibility index (Phi) is 6.07. The van der Waals surface area contributed by atoms with Crippen molar-refractivity contribution in [3.05, 3.63) is 18.2 Å². The zero-order valence-electron chi connectivity index (χ0n) is 10.3. The van der Waals surface area contributed by atoms with Crippen molar-refractivity contribution in [2.24, 2.45) is 0 Å². The van der Waals surface area contributed by atoms with Crippen LogP contribution in [0.5, 0.6) is 0 Å². The van der Waals surface area contributed by atoms with E-state index >= 15 is 0 Å². The van der Waals surface area contributed by atoms with E-state index in [1.165, 1.54) is 5.69 Å². The van der Waals surface area contributed by atoms with Crippen LogP contribution in [-0.2, 0) is 16.0 Å². The fourth-order valence-corrected chi connectivity index (χ4v) is 1.58. The monoisotopic (exact) mass is 227 g/mol. The number of methoxy groups -OCH3 is 2. The molecule has 1 atom stereocenters. The molecule has 0 aliphatic rings. The molecular formula is C11H21N3O2. The number of hydrogen-bond acceptors (Lipinski definition) is 4. The van der Waals surface area contributed by atoms with Crippen molar-refractivity contribution in [3.63, 3.8) is 0 Å². The number of ether oxygens (including phenoxy) is 2. The topological polar surface area (TPSA) is 48.3 Å². The molecule has 16 heavy (non-hydrogen) atoms. The third kappa shape index (κ3) is 3.92. The molecule has 0 bridgehead atoms. The number of rotatable bonds is 8. The van der Waals surface area contributed by atoms with Gasteiger partial charge >= 0.3 is 0 Å². The van der Waals surface area contributed by atoms with Gasteiger partial charge in [-0.15, -0.1) is 0 Å². The highest BCUT2D eigenvalue weighted by atomic mass is 16.5. The normalized spacial score (nSPS) is 12.9. The predicted octanol–water partition coefficient (Wildman–Crippen LogP) is 0.826. The summed E-state index contributed by atoms with van der Waals surface area (Å²) in [6.45, 7) is 5.19. The molecule has 1 N–H and O–H groups in total. The summed E-state index contributed by atoms with van der Waals surface area (Å²) in [5.74, 6) is 0. The molecule has 1 aromatic rings. The SMILES string of the molecule is COCCNCc1cncn1C(C)COC. The lowest BCUT2D eigenvalue weighted by Crippen LogP contribution is -2.22. The minimum Gasteiger partial charge on any atom is -0.383 e. The number of nitrogens with one attached hydrogen (secondary N) is 1. The van der Waals surface area contributed by atoms with Gasteiger partial charge in [-0.25, -0.2) is 4.98 Å². The fourth-order valence-electron chi connectivity index (χ4n) is 1.58. The van der Waals surface area contributed by atoms with Gasteiger partial charge in [0.25, 0.3) is 0 Å². The zero-order valence-corrected chi connectivity index (χ0v) is 10.3. The van der Waals surface area contributed by atoms with Crippen molar-refractivity contribution in [1.29, 1.82) is 0 Å². The Bertz CT molecular complexity index is 289. The van der Waals surface area contributed by atoms with E-state index in [1.807, 2.05) is 12.5 Å². The maximum atomic E-state index is 5.14. The predicted molar refractivity (Wildman–Crippen MR) is 62.4 cm³/mol. The molecule has 1 rings (SSSR count). The minimum atomic E-state index is 0.312. The lowest BCUT2D eigenvalue weighted by atomic mass is 10.3. The maximum Gasteiger partial charge on any atom is 0.0951 e. The van der Waals surface area contributed by atoms with E-state index in [2.05, 4.69) is 21.8 Å². The van der Waals surface area contributed by atoms with Gasteiger partial charge in [0.1, 0.15) is 0 Å². The largest absolute Gasteiger partial charge is 0.383 e. The molecule has 0 radical (unpaired) electrons. The summed E-state index contributed by atoms with van der Waals surface area (Å²) in [7, 11) is 3.41. The first-order chi connectivity index (χ1) is 7.79. The standard InChI is InChI=1S/C11H21N3O2/c1-10(8-16-3)14-9-13-7-11(14)6-12-4-5-15-2/h7,9-10,12H,4-6,8H2,1-3H3. The van der Waals surface area contributed by atoms with Crippen LogP contribution in [0.3, 0.4) is 0 Å². The third-order valence-electron chi connectivity index (χ3n) is 2.42. The molecular weight excluding hydrogens is 206 g/mol. The Hall–Kier alpha value is -0.910. The van der Waals surface area contributed by atoms with Gasteiger partial charge in [0.05, 0.1) is 31.3 Å². The van der Waals surface area contributed by atoms with E-state index in [-0.39, 0.29) is 0 Å². The molecule has 0 aliphatic heterocycles.